The Morgan fingerprint density at radius 1 is 1.37 bits per heavy atom. The number of hydrogen-bond donors (Lipinski definition) is 2. The van der Waals surface area contributed by atoms with Crippen LogP contribution in [0.2, 0.25) is 0 Å². The van der Waals surface area contributed by atoms with E-state index in [2.05, 4.69) is 10.3 Å². The van der Waals surface area contributed by atoms with Crippen LogP contribution in [-0.4, -0.2) is 16.6 Å². The van der Waals surface area contributed by atoms with Crippen LogP contribution < -0.4 is 11.1 Å². The second-order valence-electron chi connectivity index (χ2n) is 3.92. The van der Waals surface area contributed by atoms with Gasteiger partial charge in [0.1, 0.15) is 4.34 Å². The summed E-state index contributed by atoms with van der Waals surface area (Å²) in [6.07, 6.45) is 3.15. The van der Waals surface area contributed by atoms with E-state index in [1.165, 1.54) is 0 Å². The fourth-order valence-electron chi connectivity index (χ4n) is 1.46. The molecule has 0 bridgehead atoms. The van der Waals surface area contributed by atoms with Crippen molar-refractivity contribution in [2.45, 2.75) is 17.2 Å². The fourth-order valence-corrected chi connectivity index (χ4v) is 3.11. The van der Waals surface area contributed by atoms with Gasteiger partial charge in [0, 0.05) is 35.1 Å². The summed E-state index contributed by atoms with van der Waals surface area (Å²) in [7, 11) is 0. The third kappa shape index (κ3) is 4.92. The highest BCUT2D eigenvalue weighted by Gasteiger charge is 2.03. The maximum Gasteiger partial charge on any atom is 0.224 e. The first kappa shape index (κ1) is 13.9. The number of anilines is 2. The molecule has 1 heterocycles. The number of carbonyl (C=O) groups excluding carboxylic acids is 1. The van der Waals surface area contributed by atoms with Crippen molar-refractivity contribution in [3.8, 4) is 0 Å². The van der Waals surface area contributed by atoms with Crippen molar-refractivity contribution < 1.29 is 4.79 Å². The van der Waals surface area contributed by atoms with Crippen molar-refractivity contribution in [2.75, 3.05) is 16.8 Å². The number of aromatic nitrogens is 1. The molecule has 0 aliphatic carbocycles. The molecule has 100 valence electrons. The van der Waals surface area contributed by atoms with Gasteiger partial charge in [-0.3, -0.25) is 4.79 Å². The molecule has 1 aromatic carbocycles. The van der Waals surface area contributed by atoms with E-state index in [0.29, 0.717) is 12.1 Å². The van der Waals surface area contributed by atoms with Gasteiger partial charge in [0.25, 0.3) is 0 Å². The lowest BCUT2D eigenvalue weighted by Gasteiger charge is -2.05. The van der Waals surface area contributed by atoms with Gasteiger partial charge in [-0.2, -0.15) is 0 Å². The lowest BCUT2D eigenvalue weighted by atomic mass is 10.2. The van der Waals surface area contributed by atoms with Crippen LogP contribution in [0.25, 0.3) is 0 Å². The monoisotopic (exact) mass is 293 g/mol. The number of nitrogens with two attached hydrogens (primary N) is 1. The van der Waals surface area contributed by atoms with Crippen LogP contribution >= 0.6 is 23.1 Å². The Hall–Kier alpha value is -1.53. The average Bonchev–Trinajstić information content (AvgIpc) is 2.91. The molecule has 0 saturated heterocycles. The topological polar surface area (TPSA) is 68.0 Å². The maximum absolute atomic E-state index is 11.7. The first-order valence-corrected chi connectivity index (χ1v) is 7.78. The normalized spacial score (nSPS) is 10.3. The Morgan fingerprint density at radius 2 is 2.16 bits per heavy atom. The number of rotatable bonds is 6. The number of nitrogens with zero attached hydrogens (tertiary/aromatic N) is 1. The minimum absolute atomic E-state index is 0.0320. The van der Waals surface area contributed by atoms with E-state index in [1.54, 1.807) is 53.6 Å². The molecule has 4 nitrogen and oxygen atoms in total. The summed E-state index contributed by atoms with van der Waals surface area (Å²) in [5.74, 6) is 0.937. The predicted octanol–water partition coefficient (Wildman–Crippen LogP) is 3.24. The van der Waals surface area contributed by atoms with Crippen molar-refractivity contribution in [2.24, 2.45) is 0 Å². The van der Waals surface area contributed by atoms with Crippen molar-refractivity contribution in [3.63, 3.8) is 0 Å². The van der Waals surface area contributed by atoms with Crippen LogP contribution in [-0.2, 0) is 4.79 Å². The summed E-state index contributed by atoms with van der Waals surface area (Å²) < 4.78 is 1.05. The zero-order valence-electron chi connectivity index (χ0n) is 10.3. The Balaban J connectivity index is 1.65. The number of nitrogen functional groups attached to an aromatic ring is 1. The van der Waals surface area contributed by atoms with E-state index >= 15 is 0 Å². The first-order chi connectivity index (χ1) is 9.24. The van der Waals surface area contributed by atoms with E-state index in [9.17, 15) is 4.79 Å². The first-order valence-electron chi connectivity index (χ1n) is 5.92. The molecule has 1 amide bonds. The smallest absolute Gasteiger partial charge is 0.224 e. The predicted molar refractivity (Wildman–Crippen MR) is 81.6 cm³/mol. The fraction of sp³-hybridized carbons (Fsp3) is 0.231. The highest BCUT2D eigenvalue weighted by molar-refractivity contribution is 8.00. The second kappa shape index (κ2) is 7.16. The summed E-state index contributed by atoms with van der Waals surface area (Å²) >= 11 is 3.31. The van der Waals surface area contributed by atoms with Gasteiger partial charge >= 0.3 is 0 Å². The van der Waals surface area contributed by atoms with E-state index < -0.39 is 0 Å². The SMILES string of the molecule is Nc1ccc(NC(=O)CCCSc2nccs2)cc1. The van der Waals surface area contributed by atoms with Gasteiger partial charge in [-0.15, -0.1) is 11.3 Å². The van der Waals surface area contributed by atoms with Gasteiger partial charge in [0.15, 0.2) is 0 Å². The van der Waals surface area contributed by atoms with Crippen LogP contribution in [0.4, 0.5) is 11.4 Å². The Bertz CT molecular complexity index is 511. The molecule has 0 aliphatic heterocycles. The molecule has 19 heavy (non-hydrogen) atoms. The minimum Gasteiger partial charge on any atom is -0.399 e. The average molecular weight is 293 g/mol. The lowest BCUT2D eigenvalue weighted by Crippen LogP contribution is -2.11. The minimum atomic E-state index is 0.0320. The van der Waals surface area contributed by atoms with Gasteiger partial charge in [-0.25, -0.2) is 4.98 Å². The highest BCUT2D eigenvalue weighted by atomic mass is 32.2. The summed E-state index contributed by atoms with van der Waals surface area (Å²) in [6.45, 7) is 0. The van der Waals surface area contributed by atoms with Crippen molar-refractivity contribution >= 4 is 40.4 Å². The van der Waals surface area contributed by atoms with Crippen molar-refractivity contribution in [3.05, 3.63) is 35.8 Å². The number of carbonyl (C=O) groups is 1. The van der Waals surface area contributed by atoms with E-state index in [4.69, 9.17) is 5.73 Å². The molecule has 0 aliphatic rings. The van der Waals surface area contributed by atoms with Gasteiger partial charge in [0.2, 0.25) is 5.91 Å². The Kier molecular flexibility index (Phi) is 5.23. The zero-order chi connectivity index (χ0) is 13.5. The molecular formula is C13H15N3OS2. The number of thiazole rings is 1. The molecule has 0 fully saturated rings. The van der Waals surface area contributed by atoms with Crippen molar-refractivity contribution in [1.82, 2.24) is 4.98 Å². The van der Waals surface area contributed by atoms with Gasteiger partial charge in [0.05, 0.1) is 0 Å². The molecule has 0 radical (unpaired) electrons. The molecule has 0 unspecified atom stereocenters. The van der Waals surface area contributed by atoms with E-state index in [-0.39, 0.29) is 5.91 Å². The number of benzene rings is 1. The quantitative estimate of drug-likeness (QED) is 0.487. The van der Waals surface area contributed by atoms with Gasteiger partial charge in [-0.1, -0.05) is 11.8 Å². The molecular weight excluding hydrogens is 278 g/mol. The standard InChI is InChI=1S/C13H15N3OS2/c14-10-3-5-11(6-4-10)16-12(17)2-1-8-18-13-15-7-9-19-13/h3-7,9H,1-2,8,14H2,(H,16,17). The number of nitrogens with one attached hydrogen (secondary N) is 1. The largest absolute Gasteiger partial charge is 0.399 e. The van der Waals surface area contributed by atoms with Gasteiger partial charge in [-0.05, 0) is 30.7 Å². The molecule has 0 spiro atoms. The Labute approximate surface area is 120 Å². The Morgan fingerprint density at radius 3 is 2.84 bits per heavy atom. The zero-order valence-corrected chi connectivity index (χ0v) is 12.0. The molecule has 2 rings (SSSR count). The third-order valence-corrected chi connectivity index (χ3v) is 4.43. The number of hydrogen-bond acceptors (Lipinski definition) is 5. The highest BCUT2D eigenvalue weighted by Crippen LogP contribution is 2.21. The summed E-state index contributed by atoms with van der Waals surface area (Å²) in [5.41, 5.74) is 7.06. The number of thioether (sulfide) groups is 1. The summed E-state index contributed by atoms with van der Waals surface area (Å²) in [5, 5.41) is 4.80. The molecule has 0 atom stereocenters. The summed E-state index contributed by atoms with van der Waals surface area (Å²) in [6, 6.07) is 7.15. The van der Waals surface area contributed by atoms with Crippen LogP contribution in [0.1, 0.15) is 12.8 Å². The summed E-state index contributed by atoms with van der Waals surface area (Å²) in [4.78, 5) is 15.9. The molecule has 6 heteroatoms. The maximum atomic E-state index is 11.7. The van der Waals surface area contributed by atoms with Crippen LogP contribution in [0.15, 0.2) is 40.2 Å². The number of amides is 1. The second-order valence-corrected chi connectivity index (χ2v) is 6.16. The third-order valence-electron chi connectivity index (χ3n) is 2.38. The van der Waals surface area contributed by atoms with Gasteiger partial charge < -0.3 is 11.1 Å². The van der Waals surface area contributed by atoms with E-state index in [0.717, 1.165) is 22.2 Å². The molecule has 2 aromatic rings. The van der Waals surface area contributed by atoms with Crippen LogP contribution in [0.5, 0.6) is 0 Å². The van der Waals surface area contributed by atoms with E-state index in [1.807, 2.05) is 5.38 Å². The van der Waals surface area contributed by atoms with Crippen LogP contribution in [0, 0.1) is 0 Å². The lowest BCUT2D eigenvalue weighted by molar-refractivity contribution is -0.116. The van der Waals surface area contributed by atoms with Crippen LogP contribution in [0.3, 0.4) is 0 Å². The van der Waals surface area contributed by atoms with Crippen molar-refractivity contribution in [1.29, 1.82) is 0 Å². The molecule has 1 aromatic heterocycles. The molecule has 0 saturated carbocycles. The molecule has 3 N–H and O–H groups in total.